The highest BCUT2D eigenvalue weighted by atomic mass is 35.5. The van der Waals surface area contributed by atoms with Crippen molar-refractivity contribution in [2.45, 2.75) is 51.0 Å². The topological polar surface area (TPSA) is 80.7 Å². The van der Waals surface area contributed by atoms with Gasteiger partial charge >= 0.3 is 6.61 Å². The SMILES string of the molecule is CC(C)(O)[C@@H]1CC[C@@H](NC(=O)c2cnc3cc(OC(F)F)c(Cl)cc3c2)CO1. The Kier molecular flexibility index (Phi) is 6.02. The van der Waals surface area contributed by atoms with Gasteiger partial charge in [0.25, 0.3) is 5.91 Å². The van der Waals surface area contributed by atoms with E-state index in [2.05, 4.69) is 15.0 Å². The van der Waals surface area contributed by atoms with Gasteiger partial charge in [0.2, 0.25) is 0 Å². The van der Waals surface area contributed by atoms with Gasteiger partial charge in [-0.15, -0.1) is 0 Å². The van der Waals surface area contributed by atoms with Gasteiger partial charge in [0.15, 0.2) is 0 Å². The van der Waals surface area contributed by atoms with Gasteiger partial charge in [-0.05, 0) is 38.8 Å². The second kappa shape index (κ2) is 8.14. The number of carbonyl (C=O) groups is 1. The molecule has 2 atom stereocenters. The minimum Gasteiger partial charge on any atom is -0.433 e. The minimum absolute atomic E-state index is 0.00509. The van der Waals surface area contributed by atoms with Crippen molar-refractivity contribution in [2.75, 3.05) is 6.61 Å². The maximum atomic E-state index is 12.5. The van der Waals surface area contributed by atoms with Crippen LogP contribution in [0.5, 0.6) is 5.75 Å². The molecular weight excluding hydrogens is 394 g/mol. The molecule has 1 aromatic carbocycles. The molecule has 0 radical (unpaired) electrons. The molecule has 2 N–H and O–H groups in total. The van der Waals surface area contributed by atoms with Gasteiger partial charge in [-0.2, -0.15) is 8.78 Å². The highest BCUT2D eigenvalue weighted by molar-refractivity contribution is 6.32. The van der Waals surface area contributed by atoms with Crippen LogP contribution in [0.4, 0.5) is 8.78 Å². The van der Waals surface area contributed by atoms with Gasteiger partial charge in [0, 0.05) is 17.6 Å². The average Bonchev–Trinajstić information content (AvgIpc) is 2.61. The molecule has 2 heterocycles. The van der Waals surface area contributed by atoms with Crippen molar-refractivity contribution in [1.82, 2.24) is 10.3 Å². The Hall–Kier alpha value is -2.03. The Labute approximate surface area is 165 Å². The lowest BCUT2D eigenvalue weighted by Gasteiger charge is -2.36. The lowest BCUT2D eigenvalue weighted by atomic mass is 9.93. The number of aromatic nitrogens is 1. The molecule has 2 aromatic rings. The van der Waals surface area contributed by atoms with Crippen molar-refractivity contribution >= 4 is 28.4 Å². The zero-order valence-electron chi connectivity index (χ0n) is 15.4. The van der Waals surface area contributed by atoms with E-state index in [1.54, 1.807) is 19.9 Å². The van der Waals surface area contributed by atoms with Crippen molar-refractivity contribution < 1.29 is 28.2 Å². The van der Waals surface area contributed by atoms with E-state index in [-0.39, 0.29) is 28.8 Å². The van der Waals surface area contributed by atoms with E-state index in [9.17, 15) is 18.7 Å². The molecular formula is C19H21ClF2N2O4. The number of pyridine rings is 1. The van der Waals surface area contributed by atoms with Crippen molar-refractivity contribution in [1.29, 1.82) is 0 Å². The van der Waals surface area contributed by atoms with Crippen LogP contribution < -0.4 is 10.1 Å². The van der Waals surface area contributed by atoms with Crippen molar-refractivity contribution in [3.63, 3.8) is 0 Å². The highest BCUT2D eigenvalue weighted by Crippen LogP contribution is 2.31. The molecule has 152 valence electrons. The van der Waals surface area contributed by atoms with Crippen LogP contribution in [-0.4, -0.2) is 47.0 Å². The smallest absolute Gasteiger partial charge is 0.387 e. The highest BCUT2D eigenvalue weighted by Gasteiger charge is 2.32. The second-order valence-electron chi connectivity index (χ2n) is 7.30. The number of benzene rings is 1. The molecule has 1 fully saturated rings. The molecule has 0 unspecified atom stereocenters. The number of rotatable bonds is 5. The molecule has 1 saturated heterocycles. The first-order chi connectivity index (χ1) is 13.1. The fourth-order valence-corrected chi connectivity index (χ4v) is 3.35. The predicted molar refractivity (Wildman–Crippen MR) is 99.9 cm³/mol. The summed E-state index contributed by atoms with van der Waals surface area (Å²) in [6, 6.07) is 4.14. The van der Waals surface area contributed by atoms with Crippen molar-refractivity contribution in [2.24, 2.45) is 0 Å². The molecule has 1 aromatic heterocycles. The lowest BCUT2D eigenvalue weighted by Crippen LogP contribution is -2.48. The predicted octanol–water partition coefficient (Wildman–Crippen LogP) is 3.54. The van der Waals surface area contributed by atoms with Gasteiger partial charge in [0.05, 0.1) is 40.5 Å². The van der Waals surface area contributed by atoms with Crippen LogP contribution in [0, 0.1) is 0 Å². The zero-order chi connectivity index (χ0) is 20.5. The monoisotopic (exact) mass is 414 g/mol. The lowest BCUT2D eigenvalue weighted by molar-refractivity contribution is -0.114. The first kappa shape index (κ1) is 20.7. The molecule has 1 aliphatic heterocycles. The maximum Gasteiger partial charge on any atom is 0.387 e. The number of aliphatic hydroxyl groups is 1. The summed E-state index contributed by atoms with van der Waals surface area (Å²) in [7, 11) is 0. The van der Waals surface area contributed by atoms with E-state index in [4.69, 9.17) is 16.3 Å². The molecule has 1 amide bonds. The Balaban J connectivity index is 1.69. The number of halogens is 3. The van der Waals surface area contributed by atoms with E-state index in [1.807, 2.05) is 0 Å². The number of hydrogen-bond acceptors (Lipinski definition) is 5. The maximum absolute atomic E-state index is 12.5. The average molecular weight is 415 g/mol. The minimum atomic E-state index is -2.99. The van der Waals surface area contributed by atoms with Gasteiger partial charge in [-0.3, -0.25) is 9.78 Å². The van der Waals surface area contributed by atoms with Gasteiger partial charge < -0.3 is 19.9 Å². The molecule has 0 aliphatic carbocycles. The van der Waals surface area contributed by atoms with Crippen molar-refractivity contribution in [3.8, 4) is 5.75 Å². The number of fused-ring (bicyclic) bond motifs is 1. The molecule has 0 bridgehead atoms. The molecule has 3 rings (SSSR count). The summed E-state index contributed by atoms with van der Waals surface area (Å²) in [5.41, 5.74) is -0.232. The van der Waals surface area contributed by atoms with Crippen LogP contribution >= 0.6 is 11.6 Å². The largest absolute Gasteiger partial charge is 0.433 e. The Morgan fingerprint density at radius 1 is 1.39 bits per heavy atom. The molecule has 0 saturated carbocycles. The number of nitrogens with one attached hydrogen (secondary N) is 1. The first-order valence-electron chi connectivity index (χ1n) is 8.82. The zero-order valence-corrected chi connectivity index (χ0v) is 16.2. The van der Waals surface area contributed by atoms with Crippen LogP contribution in [0.25, 0.3) is 10.9 Å². The summed E-state index contributed by atoms with van der Waals surface area (Å²) < 4.78 is 34.8. The summed E-state index contributed by atoms with van der Waals surface area (Å²) in [5.74, 6) is -0.497. The summed E-state index contributed by atoms with van der Waals surface area (Å²) >= 11 is 5.96. The Bertz CT molecular complexity index is 865. The van der Waals surface area contributed by atoms with Crippen LogP contribution in [-0.2, 0) is 4.74 Å². The number of amides is 1. The third-order valence-electron chi connectivity index (χ3n) is 4.61. The van der Waals surface area contributed by atoms with Crippen LogP contribution in [0.2, 0.25) is 5.02 Å². The quantitative estimate of drug-likeness (QED) is 0.782. The fourth-order valence-electron chi connectivity index (χ4n) is 3.13. The first-order valence-corrected chi connectivity index (χ1v) is 9.20. The third kappa shape index (κ3) is 4.87. The summed E-state index contributed by atoms with van der Waals surface area (Å²) in [5, 5.41) is 13.4. The Morgan fingerprint density at radius 3 is 2.75 bits per heavy atom. The Morgan fingerprint density at radius 2 is 2.14 bits per heavy atom. The van der Waals surface area contributed by atoms with Crippen LogP contribution in [0.15, 0.2) is 24.4 Å². The van der Waals surface area contributed by atoms with E-state index in [0.717, 1.165) is 0 Å². The summed E-state index contributed by atoms with van der Waals surface area (Å²) in [4.78, 5) is 16.7. The van der Waals surface area contributed by atoms with Gasteiger partial charge in [-0.1, -0.05) is 11.6 Å². The van der Waals surface area contributed by atoms with E-state index >= 15 is 0 Å². The van der Waals surface area contributed by atoms with Crippen LogP contribution in [0.1, 0.15) is 37.0 Å². The van der Waals surface area contributed by atoms with E-state index < -0.39 is 12.2 Å². The number of hydrogen-bond donors (Lipinski definition) is 2. The number of ether oxygens (including phenoxy) is 2. The molecule has 9 heteroatoms. The third-order valence-corrected chi connectivity index (χ3v) is 4.91. The molecule has 6 nitrogen and oxygen atoms in total. The molecule has 28 heavy (non-hydrogen) atoms. The number of nitrogens with zero attached hydrogens (tertiary/aromatic N) is 1. The van der Waals surface area contributed by atoms with Crippen LogP contribution in [0.3, 0.4) is 0 Å². The standard InChI is InChI=1S/C19H21ClF2N2O4/c1-19(2,26)16-4-3-12(9-27-16)24-17(25)11-5-10-6-13(20)15(28-18(21)22)7-14(10)23-8-11/h5-8,12,16,18,26H,3-4,9H2,1-2H3,(H,24,25)/t12-,16+/m1/s1. The van der Waals surface area contributed by atoms with Crippen molar-refractivity contribution in [3.05, 3.63) is 35.0 Å². The summed E-state index contributed by atoms with van der Waals surface area (Å²) in [6.07, 6.45) is 2.41. The summed E-state index contributed by atoms with van der Waals surface area (Å²) in [6.45, 7) is 0.705. The van der Waals surface area contributed by atoms with E-state index in [0.29, 0.717) is 35.9 Å². The van der Waals surface area contributed by atoms with Gasteiger partial charge in [0.1, 0.15) is 5.75 Å². The fraction of sp³-hybridized carbons (Fsp3) is 0.474. The van der Waals surface area contributed by atoms with E-state index in [1.165, 1.54) is 18.3 Å². The van der Waals surface area contributed by atoms with Gasteiger partial charge in [-0.25, -0.2) is 0 Å². The number of alkyl halides is 2. The molecule has 1 aliphatic rings. The molecule has 0 spiro atoms. The number of carbonyl (C=O) groups excluding carboxylic acids is 1. The normalized spacial score (nSPS) is 20.4. The second-order valence-corrected chi connectivity index (χ2v) is 7.71.